The summed E-state index contributed by atoms with van der Waals surface area (Å²) in [6, 6.07) is 2.14. The molecule has 0 radical (unpaired) electrons. The van der Waals surface area contributed by atoms with E-state index in [1.165, 1.54) is 0 Å². The van der Waals surface area contributed by atoms with Crippen LogP contribution in [-0.4, -0.2) is 17.3 Å². The Morgan fingerprint density at radius 2 is 1.94 bits per heavy atom. The van der Waals surface area contributed by atoms with Crippen LogP contribution < -0.4 is 5.32 Å². The summed E-state index contributed by atoms with van der Waals surface area (Å²) in [6.45, 7) is 2.39. The number of rotatable bonds is 5. The highest BCUT2D eigenvalue weighted by molar-refractivity contribution is 9.10. The summed E-state index contributed by atoms with van der Waals surface area (Å²) in [4.78, 5) is 12.0. The van der Waals surface area contributed by atoms with Gasteiger partial charge in [-0.05, 0) is 25.0 Å². The Balaban J connectivity index is 2.62. The zero-order valence-corrected chi connectivity index (χ0v) is 12.9. The average molecular weight is 385 g/mol. The minimum atomic E-state index is -0.867. The first kappa shape index (κ1) is 15.6. The van der Waals surface area contributed by atoms with Crippen LogP contribution in [0.25, 0.3) is 0 Å². The van der Waals surface area contributed by atoms with E-state index in [1.807, 2.05) is 6.92 Å². The predicted molar refractivity (Wildman–Crippen MR) is 74.0 cm³/mol. The maximum atomic E-state index is 13.5. The first-order valence-electron chi connectivity index (χ1n) is 5.48. The van der Waals surface area contributed by atoms with E-state index < -0.39 is 23.1 Å². The smallest absolute Gasteiger partial charge is 0.257 e. The maximum absolute atomic E-state index is 13.5. The monoisotopic (exact) mass is 383 g/mol. The van der Waals surface area contributed by atoms with Gasteiger partial charge in [0.05, 0.1) is 0 Å². The quantitative estimate of drug-likeness (QED) is 0.602. The van der Waals surface area contributed by atoms with E-state index in [4.69, 9.17) is 0 Å². The van der Waals surface area contributed by atoms with Gasteiger partial charge in [-0.2, -0.15) is 0 Å². The Morgan fingerprint density at radius 3 is 2.44 bits per heavy atom. The molecule has 0 heterocycles. The maximum Gasteiger partial charge on any atom is 0.257 e. The third kappa shape index (κ3) is 4.65. The van der Waals surface area contributed by atoms with Gasteiger partial charge in [0, 0.05) is 15.8 Å². The van der Waals surface area contributed by atoms with Crippen LogP contribution in [0.15, 0.2) is 16.6 Å². The van der Waals surface area contributed by atoms with E-state index in [-0.39, 0.29) is 4.47 Å². The van der Waals surface area contributed by atoms with Crippen molar-refractivity contribution < 1.29 is 13.6 Å². The van der Waals surface area contributed by atoms with E-state index >= 15 is 0 Å². The van der Waals surface area contributed by atoms with E-state index in [1.54, 1.807) is 0 Å². The van der Waals surface area contributed by atoms with E-state index in [2.05, 4.69) is 37.2 Å². The Labute approximate surface area is 121 Å². The molecule has 2 nitrogen and oxygen atoms in total. The minimum Gasteiger partial charge on any atom is -0.352 e. The first-order chi connectivity index (χ1) is 8.41. The molecule has 1 N–H and O–H groups in total. The lowest BCUT2D eigenvalue weighted by Crippen LogP contribution is -2.26. The molecule has 18 heavy (non-hydrogen) atoms. The molecule has 0 bridgehead atoms. The summed E-state index contributed by atoms with van der Waals surface area (Å²) in [6.07, 6.45) is 1.63. The van der Waals surface area contributed by atoms with Crippen LogP contribution in [-0.2, 0) is 0 Å². The Bertz CT molecular complexity index is 415. The fourth-order valence-electron chi connectivity index (χ4n) is 1.43. The summed E-state index contributed by atoms with van der Waals surface area (Å²) in [7, 11) is 0. The molecule has 100 valence electrons. The Hall–Kier alpha value is -0.490. The molecule has 0 aliphatic heterocycles. The Morgan fingerprint density at radius 1 is 1.39 bits per heavy atom. The molecule has 0 aliphatic carbocycles. The number of nitrogens with one attached hydrogen (secondary N) is 1. The summed E-state index contributed by atoms with van der Waals surface area (Å²) >= 11 is 6.34. The molecule has 1 amide bonds. The predicted octanol–water partition coefficient (Wildman–Crippen LogP) is 4.02. The number of amides is 1. The van der Waals surface area contributed by atoms with Gasteiger partial charge in [-0.15, -0.1) is 0 Å². The zero-order valence-electron chi connectivity index (χ0n) is 9.77. The molecule has 1 aromatic carbocycles. The molecule has 1 aromatic rings. The van der Waals surface area contributed by atoms with E-state index in [0.29, 0.717) is 11.4 Å². The topological polar surface area (TPSA) is 29.1 Å². The van der Waals surface area contributed by atoms with Crippen LogP contribution >= 0.6 is 31.9 Å². The van der Waals surface area contributed by atoms with Gasteiger partial charge in [-0.3, -0.25) is 4.79 Å². The van der Waals surface area contributed by atoms with Crippen molar-refractivity contribution in [2.45, 2.75) is 24.6 Å². The van der Waals surface area contributed by atoms with E-state index in [9.17, 15) is 13.6 Å². The van der Waals surface area contributed by atoms with Gasteiger partial charge >= 0.3 is 0 Å². The Kier molecular flexibility index (Phi) is 6.21. The van der Waals surface area contributed by atoms with Crippen molar-refractivity contribution in [3.05, 3.63) is 33.8 Å². The second kappa shape index (κ2) is 7.19. The van der Waals surface area contributed by atoms with Gasteiger partial charge in [0.15, 0.2) is 0 Å². The number of benzene rings is 1. The molecule has 6 heteroatoms. The largest absolute Gasteiger partial charge is 0.352 e. The standard InChI is InChI=1S/C12H13Br2F2NO/c1-7(13)3-2-4-17-12(18)11-9(15)5-8(14)6-10(11)16/h5-7H,2-4H2,1H3,(H,17,18). The highest BCUT2D eigenvalue weighted by Gasteiger charge is 2.17. The molecule has 0 spiro atoms. The van der Waals surface area contributed by atoms with Gasteiger partial charge in [-0.25, -0.2) is 8.78 Å². The summed E-state index contributed by atoms with van der Waals surface area (Å²) in [5, 5.41) is 2.50. The lowest BCUT2D eigenvalue weighted by atomic mass is 10.2. The minimum absolute atomic E-state index is 0.266. The molecule has 0 fully saturated rings. The van der Waals surface area contributed by atoms with Gasteiger partial charge in [-0.1, -0.05) is 38.8 Å². The van der Waals surface area contributed by atoms with Gasteiger partial charge < -0.3 is 5.32 Å². The average Bonchev–Trinajstić information content (AvgIpc) is 2.22. The molecular weight excluding hydrogens is 372 g/mol. The molecular formula is C12H13Br2F2NO. The molecule has 0 saturated carbocycles. The molecule has 1 rings (SSSR count). The van der Waals surface area contributed by atoms with Crippen molar-refractivity contribution in [3.8, 4) is 0 Å². The summed E-state index contributed by atoms with van der Waals surface area (Å²) in [5.41, 5.74) is -0.537. The van der Waals surface area contributed by atoms with Crippen LogP contribution in [0.3, 0.4) is 0 Å². The van der Waals surface area contributed by atoms with Crippen molar-refractivity contribution >= 4 is 37.8 Å². The number of halogens is 4. The molecule has 1 atom stereocenters. The van der Waals surface area contributed by atoms with Crippen molar-refractivity contribution in [2.24, 2.45) is 0 Å². The van der Waals surface area contributed by atoms with Gasteiger partial charge in [0.25, 0.3) is 5.91 Å². The lowest BCUT2D eigenvalue weighted by molar-refractivity contribution is 0.0944. The third-order valence-electron chi connectivity index (χ3n) is 2.30. The molecule has 1 unspecified atom stereocenters. The number of carbonyl (C=O) groups is 1. The van der Waals surface area contributed by atoms with E-state index in [0.717, 1.165) is 25.0 Å². The fraction of sp³-hybridized carbons (Fsp3) is 0.417. The molecule has 0 aliphatic rings. The highest BCUT2D eigenvalue weighted by atomic mass is 79.9. The summed E-state index contributed by atoms with van der Waals surface area (Å²) in [5.74, 6) is -2.46. The SMILES string of the molecule is CC(Br)CCCNC(=O)c1c(F)cc(Br)cc1F. The second-order valence-electron chi connectivity index (χ2n) is 3.92. The van der Waals surface area contributed by atoms with Gasteiger partial charge in [0.2, 0.25) is 0 Å². The first-order valence-corrected chi connectivity index (χ1v) is 7.19. The van der Waals surface area contributed by atoms with Crippen LogP contribution in [0.1, 0.15) is 30.1 Å². The fourth-order valence-corrected chi connectivity index (χ4v) is 2.16. The van der Waals surface area contributed by atoms with Crippen LogP contribution in [0.2, 0.25) is 0 Å². The zero-order chi connectivity index (χ0) is 13.7. The van der Waals surface area contributed by atoms with Crippen LogP contribution in [0, 0.1) is 11.6 Å². The third-order valence-corrected chi connectivity index (χ3v) is 3.21. The molecule has 0 aromatic heterocycles. The van der Waals surface area contributed by atoms with Gasteiger partial charge in [0.1, 0.15) is 17.2 Å². The van der Waals surface area contributed by atoms with Crippen molar-refractivity contribution in [3.63, 3.8) is 0 Å². The molecule has 0 saturated heterocycles. The highest BCUT2D eigenvalue weighted by Crippen LogP contribution is 2.19. The normalized spacial score (nSPS) is 12.3. The number of alkyl halides is 1. The summed E-state index contributed by atoms with van der Waals surface area (Å²) < 4.78 is 27.2. The second-order valence-corrected chi connectivity index (χ2v) is 6.40. The number of hydrogen-bond acceptors (Lipinski definition) is 1. The van der Waals surface area contributed by atoms with Crippen molar-refractivity contribution in [2.75, 3.05) is 6.54 Å². The van der Waals surface area contributed by atoms with Crippen LogP contribution in [0.5, 0.6) is 0 Å². The van der Waals surface area contributed by atoms with Crippen molar-refractivity contribution in [1.82, 2.24) is 5.32 Å². The van der Waals surface area contributed by atoms with Crippen LogP contribution in [0.4, 0.5) is 8.78 Å². The van der Waals surface area contributed by atoms with Crippen molar-refractivity contribution in [1.29, 1.82) is 0 Å². The number of carbonyl (C=O) groups excluding carboxylic acids is 1. The number of hydrogen-bond donors (Lipinski definition) is 1. The lowest BCUT2D eigenvalue weighted by Gasteiger charge is -2.08.